The van der Waals surface area contributed by atoms with Crippen molar-refractivity contribution in [2.45, 2.75) is 25.2 Å². The Hall–Kier alpha value is -3.30. The molecule has 3 aromatic rings. The van der Waals surface area contributed by atoms with Gasteiger partial charge in [0.05, 0.1) is 18.3 Å². The van der Waals surface area contributed by atoms with Crippen LogP contribution in [0.1, 0.15) is 24.1 Å². The third-order valence-corrected chi connectivity index (χ3v) is 6.07. The lowest BCUT2D eigenvalue weighted by Gasteiger charge is -2.35. The topological polar surface area (TPSA) is 71.0 Å². The molecule has 186 valence electrons. The van der Waals surface area contributed by atoms with Gasteiger partial charge >= 0.3 is 12.1 Å². The van der Waals surface area contributed by atoms with E-state index in [1.807, 2.05) is 23.1 Å². The highest BCUT2D eigenvalue weighted by Crippen LogP contribution is 2.39. The second-order valence-electron chi connectivity index (χ2n) is 8.50. The molecule has 0 saturated carbocycles. The number of carbonyl (C=O) groups is 1. The molecule has 0 spiro atoms. The molecule has 0 aliphatic carbocycles. The van der Waals surface area contributed by atoms with Crippen LogP contribution in [0.5, 0.6) is 5.75 Å². The molecule has 1 heterocycles. The number of carboxylic acid groups (broad SMARTS) is 1. The first-order valence-electron chi connectivity index (χ1n) is 11.4. The highest BCUT2D eigenvalue weighted by Gasteiger charge is 2.35. The van der Waals surface area contributed by atoms with E-state index in [0.717, 1.165) is 11.5 Å². The first-order valence-corrected chi connectivity index (χ1v) is 11.4. The molecule has 4 rings (SSSR count). The van der Waals surface area contributed by atoms with Gasteiger partial charge in [-0.3, -0.25) is 0 Å². The summed E-state index contributed by atoms with van der Waals surface area (Å²) in [5.41, 5.74) is 0.555. The molecule has 2 N–H and O–H groups in total. The largest absolute Gasteiger partial charge is 0.481 e. The summed E-state index contributed by atoms with van der Waals surface area (Å²) in [5.74, 6) is -1.84. The average molecular weight is 489 g/mol. The Morgan fingerprint density at radius 1 is 1.20 bits per heavy atom. The number of carboxylic acids is 1. The molecular formula is C26H27F3N2O4. The minimum atomic E-state index is -4.68. The normalized spacial score (nSPS) is 17.4. The molecule has 0 aromatic heterocycles. The molecule has 1 fully saturated rings. The number of benzene rings is 3. The van der Waals surface area contributed by atoms with E-state index in [1.54, 1.807) is 0 Å². The van der Waals surface area contributed by atoms with Crippen LogP contribution in [0.3, 0.4) is 0 Å². The van der Waals surface area contributed by atoms with Gasteiger partial charge in [0.25, 0.3) is 0 Å². The number of rotatable bonds is 8. The molecule has 0 radical (unpaired) electrons. The smallest absolute Gasteiger partial charge is 0.420 e. The van der Waals surface area contributed by atoms with Gasteiger partial charge in [0.2, 0.25) is 0 Å². The Morgan fingerprint density at radius 2 is 1.97 bits per heavy atom. The van der Waals surface area contributed by atoms with Crippen molar-refractivity contribution in [2.75, 3.05) is 37.7 Å². The molecule has 3 aromatic carbocycles. The van der Waals surface area contributed by atoms with Crippen LogP contribution in [0.25, 0.3) is 10.8 Å². The maximum absolute atomic E-state index is 13.6. The molecule has 35 heavy (non-hydrogen) atoms. The molecule has 1 aliphatic heterocycles. The zero-order valence-corrected chi connectivity index (χ0v) is 19.2. The van der Waals surface area contributed by atoms with Crippen molar-refractivity contribution in [2.24, 2.45) is 0 Å². The standard InChI is InChI=1S/C26H27F3N2O4/c1-17(21-8-4-6-18-5-2-3-7-22(18)21)30-14-20-15-31(11-12-34-20)19-9-10-24(35-16-25(32)33)23(13-19)26(27,28)29/h2-10,13,17,20,30H,11-12,14-16H2,1H3,(H,32,33)/t17-,20?/m1/s1. The van der Waals surface area contributed by atoms with E-state index in [0.29, 0.717) is 31.9 Å². The highest BCUT2D eigenvalue weighted by molar-refractivity contribution is 5.86. The number of nitrogens with zero attached hydrogens (tertiary/aromatic N) is 1. The third kappa shape index (κ3) is 6.04. The summed E-state index contributed by atoms with van der Waals surface area (Å²) in [6.45, 7) is 3.01. The predicted octanol–water partition coefficient (Wildman–Crippen LogP) is 4.88. The summed E-state index contributed by atoms with van der Waals surface area (Å²) in [6, 6.07) is 18.1. The fraction of sp³-hybridized carbons (Fsp3) is 0.346. The van der Waals surface area contributed by atoms with Crippen molar-refractivity contribution in [3.8, 4) is 5.75 Å². The Kier molecular flexibility index (Phi) is 7.47. The quantitative estimate of drug-likeness (QED) is 0.471. The minimum Gasteiger partial charge on any atom is -0.481 e. The van der Waals surface area contributed by atoms with Crippen LogP contribution in [0.4, 0.5) is 18.9 Å². The summed E-state index contributed by atoms with van der Waals surface area (Å²) in [7, 11) is 0. The molecule has 6 nitrogen and oxygen atoms in total. The summed E-state index contributed by atoms with van der Waals surface area (Å²) in [6.07, 6.45) is -4.89. The third-order valence-electron chi connectivity index (χ3n) is 6.07. The van der Waals surface area contributed by atoms with Crippen LogP contribution in [-0.2, 0) is 15.7 Å². The predicted molar refractivity (Wildman–Crippen MR) is 127 cm³/mol. The molecule has 1 saturated heterocycles. The van der Waals surface area contributed by atoms with E-state index >= 15 is 0 Å². The van der Waals surface area contributed by atoms with E-state index < -0.39 is 30.1 Å². The lowest BCUT2D eigenvalue weighted by atomic mass is 9.99. The summed E-state index contributed by atoms with van der Waals surface area (Å²) in [4.78, 5) is 12.6. The van der Waals surface area contributed by atoms with Gasteiger partial charge in [-0.15, -0.1) is 0 Å². The summed E-state index contributed by atoms with van der Waals surface area (Å²) < 4.78 is 51.5. The Balaban J connectivity index is 1.43. The zero-order chi connectivity index (χ0) is 25.0. The van der Waals surface area contributed by atoms with Crippen molar-refractivity contribution in [1.82, 2.24) is 5.32 Å². The molecule has 2 atom stereocenters. The average Bonchev–Trinajstić information content (AvgIpc) is 2.85. The second-order valence-corrected chi connectivity index (χ2v) is 8.50. The Labute approximate surface area is 201 Å². The van der Waals surface area contributed by atoms with Crippen molar-refractivity contribution >= 4 is 22.4 Å². The van der Waals surface area contributed by atoms with E-state index in [-0.39, 0.29) is 12.1 Å². The van der Waals surface area contributed by atoms with E-state index in [4.69, 9.17) is 14.6 Å². The number of hydrogen-bond donors (Lipinski definition) is 2. The van der Waals surface area contributed by atoms with Gasteiger partial charge < -0.3 is 24.8 Å². The second kappa shape index (κ2) is 10.5. The van der Waals surface area contributed by atoms with Crippen molar-refractivity contribution in [1.29, 1.82) is 0 Å². The number of alkyl halides is 3. The van der Waals surface area contributed by atoms with Gasteiger partial charge in [0.1, 0.15) is 5.75 Å². The lowest BCUT2D eigenvalue weighted by molar-refractivity contribution is -0.143. The highest BCUT2D eigenvalue weighted by atomic mass is 19.4. The van der Waals surface area contributed by atoms with Crippen molar-refractivity contribution in [3.05, 3.63) is 71.8 Å². The molecule has 1 unspecified atom stereocenters. The van der Waals surface area contributed by atoms with Crippen LogP contribution in [-0.4, -0.2) is 50.0 Å². The van der Waals surface area contributed by atoms with Gasteiger partial charge in [-0.1, -0.05) is 42.5 Å². The van der Waals surface area contributed by atoms with E-state index in [9.17, 15) is 18.0 Å². The van der Waals surface area contributed by atoms with Gasteiger partial charge in [-0.2, -0.15) is 13.2 Å². The number of hydrogen-bond acceptors (Lipinski definition) is 5. The molecule has 1 aliphatic rings. The SMILES string of the molecule is C[C@@H](NCC1CN(c2ccc(OCC(=O)O)c(C(F)(F)F)c2)CCO1)c1cccc2ccccc12. The van der Waals surface area contributed by atoms with Gasteiger partial charge in [0.15, 0.2) is 6.61 Å². The summed E-state index contributed by atoms with van der Waals surface area (Å²) >= 11 is 0. The maximum Gasteiger partial charge on any atom is 0.420 e. The van der Waals surface area contributed by atoms with Crippen LogP contribution >= 0.6 is 0 Å². The van der Waals surface area contributed by atoms with Gasteiger partial charge in [-0.25, -0.2) is 4.79 Å². The monoisotopic (exact) mass is 488 g/mol. The first-order chi connectivity index (χ1) is 16.7. The zero-order valence-electron chi connectivity index (χ0n) is 19.2. The van der Waals surface area contributed by atoms with E-state index in [1.165, 1.54) is 23.1 Å². The van der Waals surface area contributed by atoms with Crippen molar-refractivity contribution in [3.63, 3.8) is 0 Å². The minimum absolute atomic E-state index is 0.0579. The number of nitrogens with one attached hydrogen (secondary N) is 1. The Bertz CT molecular complexity index is 1180. The molecule has 0 amide bonds. The number of ether oxygens (including phenoxy) is 2. The number of anilines is 1. The van der Waals surface area contributed by atoms with Gasteiger partial charge in [-0.05, 0) is 41.5 Å². The van der Waals surface area contributed by atoms with Crippen LogP contribution < -0.4 is 15.0 Å². The fourth-order valence-corrected chi connectivity index (χ4v) is 4.33. The van der Waals surface area contributed by atoms with Crippen LogP contribution in [0.2, 0.25) is 0 Å². The fourth-order valence-electron chi connectivity index (χ4n) is 4.33. The van der Waals surface area contributed by atoms with Crippen LogP contribution in [0.15, 0.2) is 60.7 Å². The number of fused-ring (bicyclic) bond motifs is 1. The lowest BCUT2D eigenvalue weighted by Crippen LogP contribution is -2.47. The molecular weight excluding hydrogens is 461 g/mol. The van der Waals surface area contributed by atoms with Crippen molar-refractivity contribution < 1.29 is 32.5 Å². The first kappa shape index (κ1) is 24.8. The summed E-state index contributed by atoms with van der Waals surface area (Å²) in [5, 5.41) is 14.6. The maximum atomic E-state index is 13.6. The number of halogens is 3. The van der Waals surface area contributed by atoms with Gasteiger partial charge in [0, 0.05) is 31.4 Å². The van der Waals surface area contributed by atoms with Crippen LogP contribution in [0, 0.1) is 0 Å². The number of morpholine rings is 1. The number of aliphatic carboxylic acids is 1. The van der Waals surface area contributed by atoms with E-state index in [2.05, 4.69) is 36.5 Å². The Morgan fingerprint density at radius 3 is 2.74 bits per heavy atom. The molecule has 9 heteroatoms. The molecule has 0 bridgehead atoms.